The van der Waals surface area contributed by atoms with Gasteiger partial charge >= 0.3 is 0 Å². The van der Waals surface area contributed by atoms with Gasteiger partial charge in [0.05, 0.1) is 11.6 Å². The van der Waals surface area contributed by atoms with Crippen LogP contribution in [0.15, 0.2) is 95.0 Å². The van der Waals surface area contributed by atoms with Crippen LogP contribution in [0.4, 0.5) is 5.69 Å². The number of ether oxygens (including phenoxy) is 3. The molecule has 0 radical (unpaired) electrons. The number of benzene rings is 4. The molecule has 202 valence electrons. The smallest absolute Gasteiger partial charge is 0.266 e. The number of anilines is 1. The molecule has 4 aromatic carbocycles. The van der Waals surface area contributed by atoms with Gasteiger partial charge in [-0.2, -0.15) is 5.26 Å². The molecule has 40 heavy (non-hydrogen) atoms. The van der Waals surface area contributed by atoms with Crippen LogP contribution in [0.1, 0.15) is 22.3 Å². The number of halogens is 2. The minimum absolute atomic E-state index is 0.0644. The number of carbonyl (C=O) groups excluding carboxylic acids is 1. The zero-order chi connectivity index (χ0) is 28.5. The molecular formula is C32H26BrClN2O4. The first-order chi connectivity index (χ1) is 19.3. The quantitative estimate of drug-likeness (QED) is 0.144. The second kappa shape index (κ2) is 13.7. The number of nitrogens with one attached hydrogen (secondary N) is 1. The number of hydrogen-bond donors (Lipinski definition) is 1. The van der Waals surface area contributed by atoms with Crippen LogP contribution in [-0.4, -0.2) is 13.0 Å². The van der Waals surface area contributed by atoms with Crippen LogP contribution in [-0.2, 0) is 18.0 Å². The molecule has 0 saturated carbocycles. The van der Waals surface area contributed by atoms with Gasteiger partial charge in [-0.25, -0.2) is 0 Å². The predicted octanol–water partition coefficient (Wildman–Crippen LogP) is 8.12. The third-order valence-electron chi connectivity index (χ3n) is 5.82. The molecule has 6 nitrogen and oxygen atoms in total. The highest BCUT2D eigenvalue weighted by Gasteiger charge is 2.15. The van der Waals surface area contributed by atoms with Crippen LogP contribution in [0, 0.1) is 18.3 Å². The molecule has 0 aliphatic rings. The van der Waals surface area contributed by atoms with Crippen LogP contribution >= 0.6 is 27.5 Å². The first-order valence-corrected chi connectivity index (χ1v) is 13.5. The van der Waals surface area contributed by atoms with Crippen molar-refractivity contribution in [3.63, 3.8) is 0 Å². The fourth-order valence-corrected chi connectivity index (χ4v) is 4.52. The van der Waals surface area contributed by atoms with Crippen molar-refractivity contribution in [2.75, 3.05) is 12.4 Å². The monoisotopic (exact) mass is 616 g/mol. The Kier molecular flexibility index (Phi) is 9.85. The molecule has 0 atom stereocenters. The lowest BCUT2D eigenvalue weighted by Crippen LogP contribution is -2.13. The molecule has 0 spiro atoms. The summed E-state index contributed by atoms with van der Waals surface area (Å²) in [6.45, 7) is 2.78. The van der Waals surface area contributed by atoms with E-state index in [2.05, 4.69) is 27.3 Å². The number of nitriles is 1. The lowest BCUT2D eigenvalue weighted by atomic mass is 10.1. The van der Waals surface area contributed by atoms with Gasteiger partial charge in [-0.15, -0.1) is 0 Å². The van der Waals surface area contributed by atoms with Crippen LogP contribution in [0.2, 0.25) is 5.02 Å². The van der Waals surface area contributed by atoms with Gasteiger partial charge in [0.15, 0.2) is 11.5 Å². The highest BCUT2D eigenvalue weighted by Crippen LogP contribution is 2.38. The molecule has 1 N–H and O–H groups in total. The Morgan fingerprint density at radius 2 is 1.70 bits per heavy atom. The fourth-order valence-electron chi connectivity index (χ4n) is 3.82. The molecule has 4 rings (SSSR count). The SMILES string of the molecule is COc1cc(/C=C(\C#N)C(=O)Nc2ccc(OCc3ccc(Cl)cc3)cc2)cc(Br)c1OCc1cccc(C)c1. The summed E-state index contributed by atoms with van der Waals surface area (Å²) >= 11 is 9.45. The van der Waals surface area contributed by atoms with E-state index in [1.165, 1.54) is 13.2 Å². The van der Waals surface area contributed by atoms with Crippen LogP contribution in [0.25, 0.3) is 6.08 Å². The maximum Gasteiger partial charge on any atom is 0.266 e. The predicted molar refractivity (Wildman–Crippen MR) is 161 cm³/mol. The van der Waals surface area contributed by atoms with E-state index < -0.39 is 5.91 Å². The molecule has 0 fully saturated rings. The van der Waals surface area contributed by atoms with Crippen molar-refractivity contribution >= 4 is 45.2 Å². The Labute approximate surface area is 246 Å². The fraction of sp³-hybridized carbons (Fsp3) is 0.125. The first kappa shape index (κ1) is 28.8. The summed E-state index contributed by atoms with van der Waals surface area (Å²) in [7, 11) is 1.54. The van der Waals surface area contributed by atoms with Gasteiger partial charge in [0.2, 0.25) is 0 Å². The Hall–Kier alpha value is -4.25. The van der Waals surface area contributed by atoms with E-state index in [0.717, 1.165) is 16.7 Å². The summed E-state index contributed by atoms with van der Waals surface area (Å²) in [6.07, 6.45) is 1.50. The molecule has 0 aromatic heterocycles. The zero-order valence-corrected chi connectivity index (χ0v) is 24.3. The van der Waals surface area contributed by atoms with Crippen molar-refractivity contribution in [2.24, 2.45) is 0 Å². The van der Waals surface area contributed by atoms with E-state index in [-0.39, 0.29) is 5.57 Å². The molecule has 0 saturated heterocycles. The molecule has 0 aliphatic carbocycles. The number of carbonyl (C=O) groups is 1. The lowest BCUT2D eigenvalue weighted by molar-refractivity contribution is -0.112. The van der Waals surface area contributed by atoms with Crippen LogP contribution in [0.5, 0.6) is 17.2 Å². The molecule has 1 amide bonds. The second-order valence-corrected chi connectivity index (χ2v) is 10.2. The van der Waals surface area contributed by atoms with Crippen molar-refractivity contribution in [1.29, 1.82) is 5.26 Å². The maximum absolute atomic E-state index is 12.9. The highest BCUT2D eigenvalue weighted by molar-refractivity contribution is 9.10. The van der Waals surface area contributed by atoms with Gasteiger partial charge in [-0.3, -0.25) is 4.79 Å². The second-order valence-electron chi connectivity index (χ2n) is 8.88. The van der Waals surface area contributed by atoms with Crippen molar-refractivity contribution in [3.05, 3.63) is 122 Å². The molecule has 0 heterocycles. The summed E-state index contributed by atoms with van der Waals surface area (Å²) in [6, 6.07) is 27.8. The van der Waals surface area contributed by atoms with E-state index in [4.69, 9.17) is 25.8 Å². The van der Waals surface area contributed by atoms with Crippen LogP contribution < -0.4 is 19.5 Å². The van der Waals surface area contributed by atoms with Crippen LogP contribution in [0.3, 0.4) is 0 Å². The third-order valence-corrected chi connectivity index (χ3v) is 6.67. The topological polar surface area (TPSA) is 80.6 Å². The van der Waals surface area contributed by atoms with E-state index in [9.17, 15) is 10.1 Å². The average Bonchev–Trinajstić information content (AvgIpc) is 2.95. The van der Waals surface area contributed by atoms with E-state index >= 15 is 0 Å². The summed E-state index contributed by atoms with van der Waals surface area (Å²) in [4.78, 5) is 12.9. The molecule has 8 heteroatoms. The maximum atomic E-state index is 12.9. The number of rotatable bonds is 10. The van der Waals surface area contributed by atoms with Crippen molar-refractivity contribution in [1.82, 2.24) is 0 Å². The largest absolute Gasteiger partial charge is 0.493 e. The van der Waals surface area contributed by atoms with Gasteiger partial charge in [0.1, 0.15) is 30.6 Å². The van der Waals surface area contributed by atoms with E-state index in [1.54, 1.807) is 36.4 Å². The number of hydrogen-bond acceptors (Lipinski definition) is 5. The zero-order valence-electron chi connectivity index (χ0n) is 21.9. The highest BCUT2D eigenvalue weighted by atomic mass is 79.9. The summed E-state index contributed by atoms with van der Waals surface area (Å²) in [5, 5.41) is 13.1. The molecule has 0 bridgehead atoms. The molecule has 0 aliphatic heterocycles. The Bertz CT molecular complexity index is 1560. The van der Waals surface area contributed by atoms with E-state index in [1.807, 2.05) is 55.5 Å². The van der Waals surface area contributed by atoms with Gasteiger partial charge in [-0.1, -0.05) is 53.6 Å². The van der Waals surface area contributed by atoms with E-state index in [0.29, 0.717) is 51.2 Å². The normalized spacial score (nSPS) is 10.9. The van der Waals surface area contributed by atoms with Gasteiger partial charge in [0, 0.05) is 10.7 Å². The van der Waals surface area contributed by atoms with Crippen molar-refractivity contribution < 1.29 is 19.0 Å². The summed E-state index contributed by atoms with van der Waals surface area (Å²) in [5.41, 5.74) is 4.23. The number of aryl methyl sites for hydroxylation is 1. The van der Waals surface area contributed by atoms with Gasteiger partial charge < -0.3 is 19.5 Å². The summed E-state index contributed by atoms with van der Waals surface area (Å²) in [5.74, 6) is 1.11. The third kappa shape index (κ3) is 7.89. The number of methoxy groups -OCH3 is 1. The number of nitrogens with zero attached hydrogens (tertiary/aromatic N) is 1. The Morgan fingerprint density at radius 3 is 2.38 bits per heavy atom. The standard InChI is InChI=1S/C32H26BrClN2O4/c1-21-4-3-5-23(14-21)20-40-31-29(33)16-24(17-30(31)38-2)15-25(18-35)32(37)36-27-10-12-28(13-11-27)39-19-22-6-8-26(34)9-7-22/h3-17H,19-20H2,1-2H3,(H,36,37)/b25-15+. The molecule has 0 unspecified atom stereocenters. The minimum Gasteiger partial charge on any atom is -0.493 e. The molecule has 4 aromatic rings. The van der Waals surface area contributed by atoms with Crippen molar-refractivity contribution in [2.45, 2.75) is 20.1 Å². The van der Waals surface area contributed by atoms with Gasteiger partial charge in [0.25, 0.3) is 5.91 Å². The lowest BCUT2D eigenvalue weighted by Gasteiger charge is -2.14. The Balaban J connectivity index is 1.41. The van der Waals surface area contributed by atoms with Crippen molar-refractivity contribution in [3.8, 4) is 23.3 Å². The Morgan fingerprint density at radius 1 is 0.975 bits per heavy atom. The average molecular weight is 618 g/mol. The van der Waals surface area contributed by atoms with Gasteiger partial charge in [-0.05, 0) is 94.2 Å². The molecular weight excluding hydrogens is 592 g/mol. The summed E-state index contributed by atoms with van der Waals surface area (Å²) < 4.78 is 18.0. The minimum atomic E-state index is -0.535. The number of amides is 1. The first-order valence-electron chi connectivity index (χ1n) is 12.3.